The van der Waals surface area contributed by atoms with Crippen molar-refractivity contribution in [2.75, 3.05) is 5.75 Å². The lowest BCUT2D eigenvalue weighted by Crippen LogP contribution is -2.63. The number of aliphatic hydroxyl groups is 1. The molecule has 0 radical (unpaired) electrons. The van der Waals surface area contributed by atoms with Crippen LogP contribution in [0.25, 0.3) is 0 Å². The maximum absolute atomic E-state index is 14.1. The summed E-state index contributed by atoms with van der Waals surface area (Å²) in [6.45, 7) is 6.43. The molecule has 0 spiro atoms. The predicted octanol–water partition coefficient (Wildman–Crippen LogP) is 4.24. The third-order valence-electron chi connectivity index (χ3n) is 10.0. The van der Waals surface area contributed by atoms with Gasteiger partial charge in [-0.3, -0.25) is 9.59 Å². The Labute approximate surface area is 216 Å². The van der Waals surface area contributed by atoms with Crippen molar-refractivity contribution in [2.45, 2.75) is 88.6 Å². The molecule has 0 bridgehead atoms. The fraction of sp³-hybridized carbons (Fsp3) is 0.679. The van der Waals surface area contributed by atoms with E-state index in [9.17, 15) is 14.7 Å². The number of Topliss-reactive ketones (excluding diaryl/α,β-unsaturated/α-hetero) is 1. The Morgan fingerprint density at radius 2 is 2.19 bits per heavy atom. The van der Waals surface area contributed by atoms with Gasteiger partial charge in [0, 0.05) is 29.1 Å². The number of nitrogens with one attached hydrogen (secondary N) is 1. The van der Waals surface area contributed by atoms with Crippen LogP contribution < -0.4 is 0 Å². The first-order chi connectivity index (χ1) is 17.2. The van der Waals surface area contributed by atoms with E-state index in [1.165, 1.54) is 11.8 Å². The van der Waals surface area contributed by atoms with Crippen LogP contribution >= 0.6 is 11.8 Å². The minimum Gasteiger partial charge on any atom is -0.393 e. The molecule has 2 heterocycles. The van der Waals surface area contributed by atoms with Gasteiger partial charge >= 0.3 is 0 Å². The molecular formula is C28H36N2O5S. The summed E-state index contributed by atoms with van der Waals surface area (Å²) >= 11 is 1.39. The van der Waals surface area contributed by atoms with E-state index in [2.05, 4.69) is 30.7 Å². The number of carbonyl (C=O) groups excluding carboxylic acids is 2. The van der Waals surface area contributed by atoms with Crippen molar-refractivity contribution in [1.29, 1.82) is 0 Å². The number of aliphatic hydroxyl groups excluding tert-OH is 1. The highest BCUT2D eigenvalue weighted by Crippen LogP contribution is 2.69. The van der Waals surface area contributed by atoms with Gasteiger partial charge in [0.2, 0.25) is 0 Å². The smallest absolute Gasteiger partial charge is 0.178 e. The molecule has 4 aliphatic carbocycles. The zero-order chi connectivity index (χ0) is 25.3. The number of aromatic amines is 1. The van der Waals surface area contributed by atoms with Crippen LogP contribution in [-0.2, 0) is 19.1 Å². The number of ketones is 2. The zero-order valence-electron chi connectivity index (χ0n) is 21.2. The summed E-state index contributed by atoms with van der Waals surface area (Å²) in [5.74, 6) is 0.746. The maximum atomic E-state index is 14.1. The van der Waals surface area contributed by atoms with Crippen molar-refractivity contribution in [3.05, 3.63) is 36.2 Å². The highest BCUT2D eigenvalue weighted by molar-refractivity contribution is 7.99. The van der Waals surface area contributed by atoms with Crippen molar-refractivity contribution in [3.8, 4) is 0 Å². The number of fused-ring (bicyclic) bond motifs is 7. The van der Waals surface area contributed by atoms with Gasteiger partial charge in [0.1, 0.15) is 0 Å². The lowest BCUT2D eigenvalue weighted by molar-refractivity contribution is -0.197. The molecule has 1 aromatic heterocycles. The van der Waals surface area contributed by atoms with Crippen LogP contribution in [0, 0.1) is 28.6 Å². The van der Waals surface area contributed by atoms with Crippen LogP contribution in [0.2, 0.25) is 0 Å². The minimum absolute atomic E-state index is 0.00911. The monoisotopic (exact) mass is 512 g/mol. The van der Waals surface area contributed by atoms with Crippen molar-refractivity contribution in [1.82, 2.24) is 9.97 Å². The lowest BCUT2D eigenvalue weighted by atomic mass is 9.46. The number of ether oxygens (including phenoxy) is 2. The summed E-state index contributed by atoms with van der Waals surface area (Å²) in [6, 6.07) is 0. The van der Waals surface area contributed by atoms with Gasteiger partial charge in [0.15, 0.2) is 28.6 Å². The summed E-state index contributed by atoms with van der Waals surface area (Å²) in [5, 5.41) is 12.5. The topological polar surface area (TPSA) is 102 Å². The molecule has 8 heteroatoms. The summed E-state index contributed by atoms with van der Waals surface area (Å²) in [7, 11) is 0. The first kappa shape index (κ1) is 24.6. The Bertz CT molecular complexity index is 1120. The third kappa shape index (κ3) is 3.33. The number of nitrogens with zero attached hydrogens (tertiary/aromatic N) is 1. The van der Waals surface area contributed by atoms with Crippen molar-refractivity contribution in [3.63, 3.8) is 0 Å². The number of carbonyl (C=O) groups is 2. The molecule has 3 saturated carbocycles. The molecule has 6 unspecified atom stereocenters. The molecule has 4 fully saturated rings. The van der Waals surface area contributed by atoms with E-state index in [4.69, 9.17) is 9.47 Å². The molecule has 1 aliphatic heterocycles. The number of allylic oxidation sites excluding steroid dienone is 4. The Hall–Kier alpha value is -1.74. The molecule has 0 amide bonds. The Morgan fingerprint density at radius 1 is 1.36 bits per heavy atom. The van der Waals surface area contributed by atoms with E-state index in [1.54, 1.807) is 24.5 Å². The van der Waals surface area contributed by atoms with E-state index in [1.807, 2.05) is 6.08 Å². The van der Waals surface area contributed by atoms with E-state index < -0.39 is 23.4 Å². The normalized spacial score (nSPS) is 45.0. The molecule has 5 aliphatic rings. The minimum atomic E-state index is -1.07. The first-order valence-corrected chi connectivity index (χ1v) is 14.3. The second-order valence-electron chi connectivity index (χ2n) is 11.8. The van der Waals surface area contributed by atoms with Gasteiger partial charge in [-0.25, -0.2) is 4.98 Å². The number of hydrogen-bond acceptors (Lipinski definition) is 7. The van der Waals surface area contributed by atoms with Crippen LogP contribution in [0.1, 0.15) is 59.3 Å². The van der Waals surface area contributed by atoms with Crippen molar-refractivity contribution in [2.24, 2.45) is 28.6 Å². The second kappa shape index (κ2) is 8.65. The van der Waals surface area contributed by atoms with E-state index in [0.717, 1.165) is 37.7 Å². The molecule has 1 saturated heterocycles. The van der Waals surface area contributed by atoms with Gasteiger partial charge in [-0.15, -0.1) is 0 Å². The summed E-state index contributed by atoms with van der Waals surface area (Å²) in [4.78, 5) is 33.6. The Kier molecular flexibility index (Phi) is 5.91. The number of hydrogen-bond donors (Lipinski definition) is 2. The van der Waals surface area contributed by atoms with Gasteiger partial charge in [-0.1, -0.05) is 50.6 Å². The second-order valence-corrected chi connectivity index (χ2v) is 12.7. The summed E-state index contributed by atoms with van der Waals surface area (Å²) in [5.41, 5.74) is -0.812. The Morgan fingerprint density at radius 3 is 2.94 bits per heavy atom. The average molecular weight is 513 g/mol. The van der Waals surface area contributed by atoms with Gasteiger partial charge in [0.25, 0.3) is 0 Å². The van der Waals surface area contributed by atoms with Crippen LogP contribution in [0.4, 0.5) is 0 Å². The van der Waals surface area contributed by atoms with Crippen molar-refractivity contribution >= 4 is 23.3 Å². The quantitative estimate of drug-likeness (QED) is 0.550. The summed E-state index contributed by atoms with van der Waals surface area (Å²) in [6.07, 6.45) is 12.2. The number of imidazole rings is 1. The SMILES string of the molecule is CCC[C@@H]1O[C@@H]2CC3C4CCC5=CC(=O)C=CC5(C)C4C(O)CC3(C)[C@]2(C(=O)CSc2ncc[nH]2)O1. The van der Waals surface area contributed by atoms with E-state index in [-0.39, 0.29) is 46.6 Å². The van der Waals surface area contributed by atoms with Crippen LogP contribution in [-0.4, -0.2) is 56.5 Å². The Balaban J connectivity index is 1.36. The van der Waals surface area contributed by atoms with Gasteiger partial charge < -0.3 is 19.6 Å². The van der Waals surface area contributed by atoms with E-state index >= 15 is 0 Å². The van der Waals surface area contributed by atoms with E-state index in [0.29, 0.717) is 11.6 Å². The van der Waals surface area contributed by atoms with Crippen LogP contribution in [0.3, 0.4) is 0 Å². The third-order valence-corrected chi connectivity index (χ3v) is 10.9. The van der Waals surface area contributed by atoms with Gasteiger partial charge in [-0.05, 0) is 56.1 Å². The highest BCUT2D eigenvalue weighted by Gasteiger charge is 2.75. The molecule has 36 heavy (non-hydrogen) atoms. The first-order valence-electron chi connectivity index (χ1n) is 13.3. The number of aromatic nitrogens is 2. The van der Waals surface area contributed by atoms with Crippen LogP contribution in [0.15, 0.2) is 41.4 Å². The fourth-order valence-corrected chi connectivity index (χ4v) is 9.35. The fourth-order valence-electron chi connectivity index (χ4n) is 8.58. The van der Waals surface area contributed by atoms with Gasteiger partial charge in [0.05, 0.1) is 18.0 Å². The molecule has 1 aromatic rings. The van der Waals surface area contributed by atoms with Crippen LogP contribution in [0.5, 0.6) is 0 Å². The maximum Gasteiger partial charge on any atom is 0.178 e. The molecule has 6 rings (SSSR count). The van der Waals surface area contributed by atoms with Gasteiger partial charge in [-0.2, -0.15) is 0 Å². The molecule has 7 nitrogen and oxygen atoms in total. The molecule has 9 atom stereocenters. The molecule has 0 aromatic carbocycles. The largest absolute Gasteiger partial charge is 0.393 e. The highest BCUT2D eigenvalue weighted by atomic mass is 32.2. The number of rotatable bonds is 6. The summed E-state index contributed by atoms with van der Waals surface area (Å²) < 4.78 is 13.2. The molecule has 194 valence electrons. The molecule has 2 N–H and O–H groups in total. The molecular weight excluding hydrogens is 476 g/mol. The van der Waals surface area contributed by atoms with Crippen molar-refractivity contribution < 1.29 is 24.2 Å². The average Bonchev–Trinajstić information content (AvgIpc) is 3.53. The zero-order valence-corrected chi connectivity index (χ0v) is 22.1. The lowest BCUT2D eigenvalue weighted by Gasteiger charge is -2.59. The standard InChI is InChI=1S/C28H36N2O5S/c1-4-5-23-34-22-13-19-18-7-6-16-12-17(31)8-9-26(16,2)24(18)20(32)14-27(19,3)28(22,35-23)21(33)15-36-25-29-10-11-30-25/h8-12,18-20,22-24,32H,4-7,13-15H2,1-3H3,(H,29,30)/t18?,19?,20?,22-,23-,24?,26?,27?,28-/m1/s1. The predicted molar refractivity (Wildman–Crippen MR) is 135 cm³/mol. The number of H-pyrrole nitrogens is 1. The number of thioether (sulfide) groups is 1.